The van der Waals surface area contributed by atoms with Crippen LogP contribution in [-0.2, 0) is 11.2 Å². The number of amides is 1. The molecule has 0 aromatic carbocycles. The van der Waals surface area contributed by atoms with Crippen LogP contribution in [0.5, 0.6) is 0 Å². The summed E-state index contributed by atoms with van der Waals surface area (Å²) in [7, 11) is 0. The van der Waals surface area contributed by atoms with E-state index in [2.05, 4.69) is 11.4 Å². The third kappa shape index (κ3) is 1.92. The number of aliphatic hydroxyl groups is 1. The lowest BCUT2D eigenvalue weighted by Crippen LogP contribution is -2.36. The van der Waals surface area contributed by atoms with Gasteiger partial charge in [0.15, 0.2) is 0 Å². The minimum atomic E-state index is -0.180. The molecule has 1 aromatic rings. The van der Waals surface area contributed by atoms with Crippen molar-refractivity contribution in [3.8, 4) is 0 Å². The van der Waals surface area contributed by atoms with Crippen LogP contribution in [0.3, 0.4) is 0 Å². The first kappa shape index (κ1) is 12.8. The molecule has 20 heavy (non-hydrogen) atoms. The van der Waals surface area contributed by atoms with E-state index >= 15 is 0 Å². The van der Waals surface area contributed by atoms with Crippen molar-refractivity contribution in [3.63, 3.8) is 0 Å². The van der Waals surface area contributed by atoms with Crippen LogP contribution in [0, 0.1) is 11.8 Å². The van der Waals surface area contributed by atoms with Gasteiger partial charge in [0.1, 0.15) is 0 Å². The van der Waals surface area contributed by atoms with E-state index in [4.69, 9.17) is 0 Å². The Morgan fingerprint density at radius 1 is 1.30 bits per heavy atom. The van der Waals surface area contributed by atoms with Crippen LogP contribution in [0.1, 0.15) is 42.0 Å². The van der Waals surface area contributed by atoms with Crippen molar-refractivity contribution in [1.29, 1.82) is 0 Å². The lowest BCUT2D eigenvalue weighted by molar-refractivity contribution is -0.132. The molecule has 2 fully saturated rings. The summed E-state index contributed by atoms with van der Waals surface area (Å²) in [6, 6.07) is 2.15. The summed E-state index contributed by atoms with van der Waals surface area (Å²) in [5.41, 5.74) is 1.28. The number of hydrogen-bond acceptors (Lipinski definition) is 3. The number of nitrogens with zero attached hydrogens (tertiary/aromatic N) is 1. The second-order valence-electron chi connectivity index (χ2n) is 6.56. The van der Waals surface area contributed by atoms with Crippen molar-refractivity contribution in [2.24, 2.45) is 11.8 Å². The van der Waals surface area contributed by atoms with Crippen molar-refractivity contribution in [3.05, 3.63) is 21.9 Å². The van der Waals surface area contributed by atoms with Gasteiger partial charge in [0.2, 0.25) is 5.91 Å². The Bertz CT molecular complexity index is 526. The third-order valence-electron chi connectivity index (χ3n) is 5.48. The van der Waals surface area contributed by atoms with Gasteiger partial charge in [0.05, 0.1) is 12.0 Å². The standard InChI is InChI=1S/C16H21NO2S/c18-14-5-4-10-8-17(9-13(10)14)16(19)12-2-1-3-15-11(12)6-7-20-15/h6-7,10,12-14,18H,1-5,8-9H2. The van der Waals surface area contributed by atoms with Crippen molar-refractivity contribution >= 4 is 17.2 Å². The molecule has 4 atom stereocenters. The third-order valence-corrected chi connectivity index (χ3v) is 6.48. The molecule has 1 amide bonds. The molecule has 1 N–H and O–H groups in total. The number of rotatable bonds is 1. The zero-order chi connectivity index (χ0) is 13.7. The van der Waals surface area contributed by atoms with Crippen LogP contribution in [0.2, 0.25) is 0 Å². The fraction of sp³-hybridized carbons (Fsp3) is 0.688. The second kappa shape index (κ2) is 4.85. The van der Waals surface area contributed by atoms with Crippen LogP contribution in [0.15, 0.2) is 11.4 Å². The number of carbonyl (C=O) groups is 1. The lowest BCUT2D eigenvalue weighted by Gasteiger charge is -2.27. The van der Waals surface area contributed by atoms with E-state index in [0.717, 1.165) is 45.2 Å². The number of likely N-dealkylation sites (tertiary alicyclic amines) is 1. The van der Waals surface area contributed by atoms with Crippen LogP contribution in [0.25, 0.3) is 0 Å². The maximum Gasteiger partial charge on any atom is 0.230 e. The SMILES string of the molecule is O=C(C1CCCc2sccc21)N1CC2CCC(O)C2C1. The average molecular weight is 291 g/mol. The molecule has 1 saturated heterocycles. The van der Waals surface area contributed by atoms with Gasteiger partial charge >= 0.3 is 0 Å². The molecule has 1 aromatic heterocycles. The first-order chi connectivity index (χ1) is 9.74. The summed E-state index contributed by atoms with van der Waals surface area (Å²) in [5.74, 6) is 1.27. The highest BCUT2D eigenvalue weighted by Crippen LogP contribution is 2.41. The highest BCUT2D eigenvalue weighted by molar-refractivity contribution is 7.10. The molecule has 0 spiro atoms. The summed E-state index contributed by atoms with van der Waals surface area (Å²) in [6.07, 6.45) is 5.10. The molecule has 3 aliphatic rings. The summed E-state index contributed by atoms with van der Waals surface area (Å²) in [4.78, 5) is 16.3. The Morgan fingerprint density at radius 3 is 3.05 bits per heavy atom. The summed E-state index contributed by atoms with van der Waals surface area (Å²) >= 11 is 1.80. The Labute approximate surface area is 123 Å². The van der Waals surface area contributed by atoms with E-state index in [-0.39, 0.29) is 12.0 Å². The molecule has 4 unspecified atom stereocenters. The minimum absolute atomic E-state index is 0.0842. The molecule has 1 saturated carbocycles. The number of fused-ring (bicyclic) bond motifs is 2. The fourth-order valence-electron chi connectivity index (χ4n) is 4.38. The average Bonchev–Trinajstić information content (AvgIpc) is 3.14. The summed E-state index contributed by atoms with van der Waals surface area (Å²) in [6.45, 7) is 1.65. The molecule has 4 rings (SSSR count). The zero-order valence-corrected chi connectivity index (χ0v) is 12.4. The van der Waals surface area contributed by atoms with Crippen LogP contribution in [-0.4, -0.2) is 35.1 Å². The molecule has 3 nitrogen and oxygen atoms in total. The zero-order valence-electron chi connectivity index (χ0n) is 11.6. The first-order valence-corrected chi connectivity index (χ1v) is 8.65. The van der Waals surface area contributed by atoms with Crippen LogP contribution in [0.4, 0.5) is 0 Å². The molecule has 1 aliphatic heterocycles. The molecule has 108 valence electrons. The molecule has 0 radical (unpaired) electrons. The van der Waals surface area contributed by atoms with Gasteiger partial charge in [-0.3, -0.25) is 4.79 Å². The maximum absolute atomic E-state index is 12.8. The van der Waals surface area contributed by atoms with Crippen molar-refractivity contribution in [2.75, 3.05) is 13.1 Å². The molecular formula is C16H21NO2S. The Balaban J connectivity index is 1.52. The number of carbonyl (C=O) groups excluding carboxylic acids is 1. The quantitative estimate of drug-likeness (QED) is 0.863. The largest absolute Gasteiger partial charge is 0.393 e. The van der Waals surface area contributed by atoms with Crippen LogP contribution < -0.4 is 0 Å². The summed E-state index contributed by atoms with van der Waals surface area (Å²) in [5, 5.41) is 12.1. The van der Waals surface area contributed by atoms with Crippen molar-refractivity contribution < 1.29 is 9.90 Å². The van der Waals surface area contributed by atoms with Crippen molar-refractivity contribution in [1.82, 2.24) is 4.90 Å². The molecule has 2 heterocycles. The molecular weight excluding hydrogens is 270 g/mol. The Hall–Kier alpha value is -0.870. The Kier molecular flexibility index (Phi) is 3.11. The van der Waals surface area contributed by atoms with Gasteiger partial charge in [-0.15, -0.1) is 11.3 Å². The smallest absolute Gasteiger partial charge is 0.230 e. The van der Waals surface area contributed by atoms with E-state index in [9.17, 15) is 9.90 Å². The second-order valence-corrected chi connectivity index (χ2v) is 7.56. The normalized spacial score (nSPS) is 36.0. The summed E-state index contributed by atoms with van der Waals surface area (Å²) < 4.78 is 0. The van der Waals surface area contributed by atoms with Crippen molar-refractivity contribution in [2.45, 2.75) is 44.1 Å². The van der Waals surface area contributed by atoms with E-state index < -0.39 is 0 Å². The fourth-order valence-corrected chi connectivity index (χ4v) is 5.37. The number of aryl methyl sites for hydroxylation is 1. The topological polar surface area (TPSA) is 40.5 Å². The number of hydrogen-bond donors (Lipinski definition) is 1. The predicted octanol–water partition coefficient (Wildman–Crippen LogP) is 2.40. The monoisotopic (exact) mass is 291 g/mol. The van der Waals surface area contributed by atoms with Gasteiger partial charge in [0.25, 0.3) is 0 Å². The Morgan fingerprint density at radius 2 is 2.20 bits per heavy atom. The highest BCUT2D eigenvalue weighted by atomic mass is 32.1. The minimum Gasteiger partial charge on any atom is -0.393 e. The molecule has 4 heteroatoms. The highest BCUT2D eigenvalue weighted by Gasteiger charge is 2.44. The van der Waals surface area contributed by atoms with E-state index in [0.29, 0.717) is 17.7 Å². The van der Waals surface area contributed by atoms with Gasteiger partial charge < -0.3 is 10.0 Å². The van der Waals surface area contributed by atoms with Gasteiger partial charge in [-0.1, -0.05) is 0 Å². The first-order valence-electron chi connectivity index (χ1n) is 7.77. The van der Waals surface area contributed by atoms with Gasteiger partial charge in [-0.05, 0) is 55.0 Å². The number of thiophene rings is 1. The van der Waals surface area contributed by atoms with E-state index in [1.165, 1.54) is 10.4 Å². The van der Waals surface area contributed by atoms with Gasteiger partial charge in [0, 0.05) is 23.9 Å². The predicted molar refractivity (Wildman–Crippen MR) is 78.8 cm³/mol. The molecule has 0 bridgehead atoms. The van der Waals surface area contributed by atoms with E-state index in [1.54, 1.807) is 11.3 Å². The number of aliphatic hydroxyl groups excluding tert-OH is 1. The van der Waals surface area contributed by atoms with E-state index in [1.807, 2.05) is 4.90 Å². The molecule has 2 aliphatic carbocycles. The maximum atomic E-state index is 12.8. The van der Waals surface area contributed by atoms with Gasteiger partial charge in [-0.25, -0.2) is 0 Å². The van der Waals surface area contributed by atoms with Gasteiger partial charge in [-0.2, -0.15) is 0 Å². The lowest BCUT2D eigenvalue weighted by atomic mass is 9.87. The van der Waals surface area contributed by atoms with Crippen LogP contribution >= 0.6 is 11.3 Å².